The molecule has 3 unspecified atom stereocenters. The van der Waals surface area contributed by atoms with Crippen LogP contribution in [-0.2, 0) is 14.4 Å². The van der Waals surface area contributed by atoms with E-state index in [1.807, 2.05) is 63.2 Å². The fourth-order valence-corrected chi connectivity index (χ4v) is 11.3. The van der Waals surface area contributed by atoms with Gasteiger partial charge >= 0.3 is 0 Å². The quantitative estimate of drug-likeness (QED) is 0.235. The number of likely N-dealkylation sites (tertiary alicyclic amines) is 1. The van der Waals surface area contributed by atoms with Crippen LogP contribution in [0.3, 0.4) is 0 Å². The molecule has 2 aromatic carbocycles. The second kappa shape index (κ2) is 13.0. The van der Waals surface area contributed by atoms with Gasteiger partial charge in [0.15, 0.2) is 0 Å². The molecule has 1 N–H and O–H groups in total. The molecule has 5 rings (SSSR count). The van der Waals surface area contributed by atoms with Gasteiger partial charge in [-0.2, -0.15) is 0 Å². The van der Waals surface area contributed by atoms with Crippen molar-refractivity contribution in [2.45, 2.75) is 54.1 Å². The maximum absolute atomic E-state index is 15.0. The standard InChI is InChI=1S/C34H39BrClN3O4S/c1-6-16-37(22-13-9-8-10-14-22)31(41)26-27-32(42)39(25(19-40)20(3)4)30(34(27)18-23(35)29(26)44-34)33(43)38(17-7-2)28-21(5)12-11-15-24(28)36/h6-15,20,23,25-27,29-30,40H,1-2,16-19H2,3-5H3/t23?,25-,26-,27-,29-,30?,34?/m0/s1. The number of hydrogen-bond donors (Lipinski definition) is 1. The van der Waals surface area contributed by atoms with E-state index in [0.29, 0.717) is 17.1 Å². The average Bonchev–Trinajstić information content (AvgIpc) is 3.59. The van der Waals surface area contributed by atoms with Crippen molar-refractivity contribution in [2.75, 3.05) is 29.5 Å². The lowest BCUT2D eigenvalue weighted by Crippen LogP contribution is -2.59. The fourth-order valence-electron chi connectivity index (χ4n) is 7.38. The number of alkyl halides is 1. The van der Waals surface area contributed by atoms with Crippen molar-refractivity contribution >= 4 is 68.4 Å². The lowest BCUT2D eigenvalue weighted by Gasteiger charge is -2.41. The molecule has 3 amide bonds. The molecule has 0 radical (unpaired) electrons. The van der Waals surface area contributed by atoms with Crippen LogP contribution in [-0.4, -0.2) is 74.3 Å². The molecule has 7 nitrogen and oxygen atoms in total. The van der Waals surface area contributed by atoms with Gasteiger partial charge in [-0.1, -0.05) is 83.9 Å². The molecule has 0 saturated carbocycles. The molecule has 7 atom stereocenters. The minimum atomic E-state index is -0.924. The first-order valence-electron chi connectivity index (χ1n) is 14.9. The summed E-state index contributed by atoms with van der Waals surface area (Å²) < 4.78 is -0.888. The van der Waals surface area contributed by atoms with Crippen molar-refractivity contribution in [1.82, 2.24) is 4.90 Å². The van der Waals surface area contributed by atoms with Crippen LogP contribution in [0, 0.1) is 24.7 Å². The van der Waals surface area contributed by atoms with Gasteiger partial charge in [-0.05, 0) is 43.0 Å². The molecule has 0 aromatic heterocycles. The first kappa shape index (κ1) is 32.8. The van der Waals surface area contributed by atoms with E-state index in [0.717, 1.165) is 11.3 Å². The second-order valence-corrected chi connectivity index (χ2v) is 15.2. The summed E-state index contributed by atoms with van der Waals surface area (Å²) in [4.78, 5) is 49.1. The summed E-state index contributed by atoms with van der Waals surface area (Å²) in [7, 11) is 0. The predicted octanol–water partition coefficient (Wildman–Crippen LogP) is 5.87. The highest BCUT2D eigenvalue weighted by Gasteiger charge is 2.76. The number of amides is 3. The highest BCUT2D eigenvalue weighted by atomic mass is 79.9. The van der Waals surface area contributed by atoms with E-state index in [4.69, 9.17) is 11.6 Å². The zero-order valence-corrected chi connectivity index (χ0v) is 28.4. The number of aliphatic hydroxyl groups is 1. The van der Waals surface area contributed by atoms with E-state index in [-0.39, 0.29) is 53.4 Å². The van der Waals surface area contributed by atoms with E-state index in [1.54, 1.807) is 44.7 Å². The van der Waals surface area contributed by atoms with Crippen LogP contribution in [0.25, 0.3) is 0 Å². The Kier molecular flexibility index (Phi) is 9.71. The van der Waals surface area contributed by atoms with Crippen LogP contribution >= 0.6 is 39.3 Å². The number of carbonyl (C=O) groups is 3. The van der Waals surface area contributed by atoms with Crippen molar-refractivity contribution in [2.24, 2.45) is 17.8 Å². The Morgan fingerprint density at radius 1 is 1.11 bits per heavy atom. The van der Waals surface area contributed by atoms with E-state index in [1.165, 1.54) is 0 Å². The van der Waals surface area contributed by atoms with Crippen molar-refractivity contribution < 1.29 is 19.5 Å². The van der Waals surface area contributed by atoms with Crippen LogP contribution in [0.5, 0.6) is 0 Å². The molecule has 1 spiro atoms. The summed E-state index contributed by atoms with van der Waals surface area (Å²) in [5.74, 6) is -2.27. The number of carbonyl (C=O) groups excluding carboxylic acids is 3. The number of aryl methyl sites for hydroxylation is 1. The van der Waals surface area contributed by atoms with Gasteiger partial charge in [0.2, 0.25) is 11.8 Å². The molecule has 3 aliphatic heterocycles. The topological polar surface area (TPSA) is 81.2 Å². The number of fused-ring (bicyclic) bond motifs is 1. The smallest absolute Gasteiger partial charge is 0.251 e. The number of benzene rings is 2. The molecular weight excluding hydrogens is 662 g/mol. The molecule has 3 saturated heterocycles. The summed E-state index contributed by atoms with van der Waals surface area (Å²) in [6.45, 7) is 13.7. The van der Waals surface area contributed by atoms with Gasteiger partial charge in [0, 0.05) is 28.9 Å². The van der Waals surface area contributed by atoms with Gasteiger partial charge in [0.25, 0.3) is 5.91 Å². The molecule has 3 fully saturated rings. The van der Waals surface area contributed by atoms with Gasteiger partial charge in [-0.25, -0.2) is 0 Å². The largest absolute Gasteiger partial charge is 0.394 e. The maximum atomic E-state index is 15.0. The zero-order valence-electron chi connectivity index (χ0n) is 25.2. The number of anilines is 2. The fraction of sp³-hybridized carbons (Fsp3) is 0.441. The molecule has 2 bridgehead atoms. The number of aliphatic hydroxyl groups excluding tert-OH is 1. The lowest BCUT2D eigenvalue weighted by molar-refractivity contribution is -0.142. The van der Waals surface area contributed by atoms with Crippen molar-refractivity contribution in [3.05, 3.63) is 84.4 Å². The first-order valence-corrected chi connectivity index (χ1v) is 17.1. The highest BCUT2D eigenvalue weighted by Crippen LogP contribution is 2.68. The van der Waals surface area contributed by atoms with E-state index in [9.17, 15) is 14.7 Å². The average molecular weight is 701 g/mol. The normalized spacial score (nSPS) is 27.8. The van der Waals surface area contributed by atoms with Gasteiger partial charge in [0.05, 0.1) is 39.9 Å². The molecule has 2 aromatic rings. The Morgan fingerprint density at radius 3 is 2.36 bits per heavy atom. The van der Waals surface area contributed by atoms with E-state index >= 15 is 4.79 Å². The van der Waals surface area contributed by atoms with Crippen molar-refractivity contribution in [3.63, 3.8) is 0 Å². The SMILES string of the molecule is C=CCN(C(=O)[C@H]1[C@H]2C(=O)N([C@@H](CO)C(C)C)C(C(=O)N(CC=C)c3c(C)cccc3Cl)C23CC(Br)[C@@H]1S3)c1ccccc1. The highest BCUT2D eigenvalue weighted by molar-refractivity contribution is 9.09. The van der Waals surface area contributed by atoms with E-state index in [2.05, 4.69) is 29.1 Å². The Bertz CT molecular complexity index is 1440. The van der Waals surface area contributed by atoms with Crippen LogP contribution in [0.4, 0.5) is 11.4 Å². The number of nitrogens with zero attached hydrogens (tertiary/aromatic N) is 3. The van der Waals surface area contributed by atoms with Crippen molar-refractivity contribution in [1.29, 1.82) is 0 Å². The Morgan fingerprint density at radius 2 is 1.77 bits per heavy atom. The summed E-state index contributed by atoms with van der Waals surface area (Å²) in [5, 5.41) is 10.8. The van der Waals surface area contributed by atoms with Gasteiger partial charge in [-0.3, -0.25) is 14.4 Å². The Labute approximate surface area is 277 Å². The van der Waals surface area contributed by atoms with Crippen LogP contribution in [0.15, 0.2) is 73.8 Å². The third kappa shape index (κ3) is 5.23. The third-order valence-corrected chi connectivity index (χ3v) is 12.8. The van der Waals surface area contributed by atoms with Gasteiger partial charge in [0.1, 0.15) is 6.04 Å². The molecule has 0 aliphatic carbocycles. The number of rotatable bonds is 11. The van der Waals surface area contributed by atoms with Crippen molar-refractivity contribution in [3.8, 4) is 0 Å². The summed E-state index contributed by atoms with van der Waals surface area (Å²) in [6.07, 6.45) is 3.86. The lowest BCUT2D eigenvalue weighted by atomic mass is 9.70. The summed E-state index contributed by atoms with van der Waals surface area (Å²) in [5.41, 5.74) is 2.11. The second-order valence-electron chi connectivity index (χ2n) is 12.1. The molecular formula is C34H39BrClN3O4S. The molecule has 234 valence electrons. The van der Waals surface area contributed by atoms with Gasteiger partial charge < -0.3 is 19.8 Å². The summed E-state index contributed by atoms with van der Waals surface area (Å²) >= 11 is 12.1. The molecule has 10 heteroatoms. The van der Waals surface area contributed by atoms with Gasteiger partial charge in [-0.15, -0.1) is 24.9 Å². The van der Waals surface area contributed by atoms with Crippen LogP contribution in [0.2, 0.25) is 5.02 Å². The maximum Gasteiger partial charge on any atom is 0.251 e. The van der Waals surface area contributed by atoms with E-state index < -0.39 is 28.7 Å². The number of hydrogen-bond acceptors (Lipinski definition) is 5. The molecule has 3 heterocycles. The zero-order chi connectivity index (χ0) is 31.9. The Hall–Kier alpha value is -2.59. The Balaban J connectivity index is 1.66. The molecule has 3 aliphatic rings. The van der Waals surface area contributed by atoms with Crippen LogP contribution < -0.4 is 9.80 Å². The minimum Gasteiger partial charge on any atom is -0.394 e. The summed E-state index contributed by atoms with van der Waals surface area (Å²) in [6, 6.07) is 13.3. The first-order chi connectivity index (χ1) is 21.0. The third-order valence-electron chi connectivity index (χ3n) is 9.24. The number of para-hydroxylation sites is 2. The van der Waals surface area contributed by atoms with Crippen LogP contribution in [0.1, 0.15) is 25.8 Å². The number of thioether (sulfide) groups is 1. The number of halogens is 2. The predicted molar refractivity (Wildman–Crippen MR) is 182 cm³/mol. The monoisotopic (exact) mass is 699 g/mol. The molecule has 44 heavy (non-hydrogen) atoms. The minimum absolute atomic E-state index is 0.0939.